The largest absolute Gasteiger partial charge is 0.395 e. The van der Waals surface area contributed by atoms with Crippen LogP contribution in [-0.4, -0.2) is 61.5 Å². The maximum atomic E-state index is 9.06. The molecule has 2 saturated heterocycles. The molecule has 2 fully saturated rings. The van der Waals surface area contributed by atoms with Crippen LogP contribution < -0.4 is 4.90 Å². The van der Waals surface area contributed by atoms with Crippen LogP contribution in [0.25, 0.3) is 0 Å². The highest BCUT2D eigenvalue weighted by atomic mass is 16.5. The number of benzene rings is 1. The Morgan fingerprint density at radius 1 is 1.27 bits per heavy atom. The zero-order valence-electron chi connectivity index (χ0n) is 13.8. The van der Waals surface area contributed by atoms with Crippen LogP contribution in [0.15, 0.2) is 24.3 Å². The summed E-state index contributed by atoms with van der Waals surface area (Å²) in [5.74, 6) is 0. The number of aliphatic hydroxyl groups is 1. The summed E-state index contributed by atoms with van der Waals surface area (Å²) < 4.78 is 6.26. The van der Waals surface area contributed by atoms with Crippen LogP contribution in [0.5, 0.6) is 0 Å². The second-order valence-corrected chi connectivity index (χ2v) is 6.86. The maximum Gasteiger partial charge on any atom is 0.0728 e. The second-order valence-electron chi connectivity index (χ2n) is 6.86. The van der Waals surface area contributed by atoms with Gasteiger partial charge >= 0.3 is 0 Å². The van der Waals surface area contributed by atoms with Crippen molar-refractivity contribution in [2.75, 3.05) is 44.8 Å². The molecule has 0 saturated carbocycles. The second kappa shape index (κ2) is 6.57. The summed E-state index contributed by atoms with van der Waals surface area (Å²) in [4.78, 5) is 4.71. The molecule has 0 unspecified atom stereocenters. The number of hydrogen-bond acceptors (Lipinski definition) is 4. The molecule has 2 aliphatic heterocycles. The van der Waals surface area contributed by atoms with E-state index in [0.29, 0.717) is 6.04 Å². The molecule has 1 aromatic carbocycles. The maximum absolute atomic E-state index is 9.06. The first-order valence-corrected chi connectivity index (χ1v) is 8.39. The molecular weight excluding hydrogens is 276 g/mol. The Balaban J connectivity index is 1.59. The smallest absolute Gasteiger partial charge is 0.0728 e. The first kappa shape index (κ1) is 15.8. The van der Waals surface area contributed by atoms with Crippen molar-refractivity contribution in [2.24, 2.45) is 0 Å². The SMILES string of the molecule is Cc1ccc(N(C)[C@@H]2COC3(CCN(CCO)CC3)C2)cc1. The number of piperidine rings is 1. The first-order valence-electron chi connectivity index (χ1n) is 8.39. The van der Waals surface area contributed by atoms with Crippen LogP contribution in [0, 0.1) is 6.92 Å². The minimum Gasteiger partial charge on any atom is -0.395 e. The number of aryl methyl sites for hydroxylation is 1. The Bertz CT molecular complexity index is 480. The predicted octanol–water partition coefficient (Wildman–Crippen LogP) is 2.05. The summed E-state index contributed by atoms with van der Waals surface area (Å²) in [6.45, 7) is 6.08. The molecule has 1 atom stereocenters. The third-order valence-electron chi connectivity index (χ3n) is 5.36. The van der Waals surface area contributed by atoms with Gasteiger partial charge in [0, 0.05) is 32.4 Å². The fourth-order valence-electron chi connectivity index (χ4n) is 3.73. The standard InChI is InChI=1S/C18H28N2O2/c1-15-3-5-16(6-4-15)19(2)17-13-18(22-14-17)7-9-20(10-8-18)11-12-21/h3-6,17,21H,7-14H2,1-2H3/t17-/m0/s1. The van der Waals surface area contributed by atoms with E-state index in [9.17, 15) is 0 Å². The van der Waals surface area contributed by atoms with E-state index in [2.05, 4.69) is 48.0 Å². The molecule has 0 amide bonds. The van der Waals surface area contributed by atoms with Crippen molar-refractivity contribution in [1.82, 2.24) is 4.90 Å². The van der Waals surface area contributed by atoms with Gasteiger partial charge in [0.25, 0.3) is 0 Å². The molecule has 0 aliphatic carbocycles. The van der Waals surface area contributed by atoms with Gasteiger partial charge in [0.1, 0.15) is 0 Å². The molecule has 1 aromatic rings. The highest BCUT2D eigenvalue weighted by molar-refractivity contribution is 5.48. The van der Waals surface area contributed by atoms with Crippen molar-refractivity contribution < 1.29 is 9.84 Å². The number of β-amino-alcohol motifs (C(OH)–C–C–N with tert-alkyl or cyclic N) is 1. The number of hydrogen-bond donors (Lipinski definition) is 1. The minimum absolute atomic E-state index is 0.0651. The van der Waals surface area contributed by atoms with Gasteiger partial charge in [0.05, 0.1) is 24.9 Å². The minimum atomic E-state index is 0.0651. The van der Waals surface area contributed by atoms with Gasteiger partial charge in [-0.2, -0.15) is 0 Å². The van der Waals surface area contributed by atoms with Crippen molar-refractivity contribution in [3.05, 3.63) is 29.8 Å². The number of nitrogens with zero attached hydrogens (tertiary/aromatic N) is 2. The Morgan fingerprint density at radius 2 is 1.95 bits per heavy atom. The van der Waals surface area contributed by atoms with E-state index in [0.717, 1.165) is 45.5 Å². The van der Waals surface area contributed by atoms with Crippen LogP contribution in [0.3, 0.4) is 0 Å². The van der Waals surface area contributed by atoms with Gasteiger partial charge in [0.2, 0.25) is 0 Å². The van der Waals surface area contributed by atoms with Crippen LogP contribution >= 0.6 is 0 Å². The average molecular weight is 304 g/mol. The highest BCUT2D eigenvalue weighted by Gasteiger charge is 2.43. The molecule has 1 spiro atoms. The van der Waals surface area contributed by atoms with Gasteiger partial charge in [-0.25, -0.2) is 0 Å². The van der Waals surface area contributed by atoms with Gasteiger partial charge in [-0.1, -0.05) is 17.7 Å². The average Bonchev–Trinajstić information content (AvgIpc) is 2.94. The van der Waals surface area contributed by atoms with E-state index in [1.54, 1.807) is 0 Å². The topological polar surface area (TPSA) is 35.9 Å². The van der Waals surface area contributed by atoms with Crippen LogP contribution in [0.1, 0.15) is 24.8 Å². The molecule has 4 heteroatoms. The molecular formula is C18H28N2O2. The van der Waals surface area contributed by atoms with Crippen molar-refractivity contribution in [1.29, 1.82) is 0 Å². The molecule has 3 rings (SSSR count). The number of anilines is 1. The van der Waals surface area contributed by atoms with Gasteiger partial charge in [-0.3, -0.25) is 0 Å². The summed E-state index contributed by atoms with van der Waals surface area (Å²) in [6.07, 6.45) is 3.29. The first-order chi connectivity index (χ1) is 10.6. The number of ether oxygens (including phenoxy) is 1. The summed E-state index contributed by atoms with van der Waals surface area (Å²) >= 11 is 0. The fourth-order valence-corrected chi connectivity index (χ4v) is 3.73. The third-order valence-corrected chi connectivity index (χ3v) is 5.36. The molecule has 0 radical (unpaired) electrons. The lowest BCUT2D eigenvalue weighted by atomic mass is 9.87. The van der Waals surface area contributed by atoms with E-state index in [-0.39, 0.29) is 12.2 Å². The van der Waals surface area contributed by atoms with Crippen molar-refractivity contribution in [3.8, 4) is 0 Å². The van der Waals surface area contributed by atoms with Crippen LogP contribution in [0.2, 0.25) is 0 Å². The van der Waals surface area contributed by atoms with Gasteiger partial charge in [-0.15, -0.1) is 0 Å². The van der Waals surface area contributed by atoms with E-state index >= 15 is 0 Å². The molecule has 2 heterocycles. The van der Waals surface area contributed by atoms with E-state index < -0.39 is 0 Å². The third kappa shape index (κ3) is 3.29. The van der Waals surface area contributed by atoms with Crippen molar-refractivity contribution in [2.45, 2.75) is 37.8 Å². The van der Waals surface area contributed by atoms with Crippen molar-refractivity contribution >= 4 is 5.69 Å². The lowest BCUT2D eigenvalue weighted by molar-refractivity contribution is -0.0451. The number of likely N-dealkylation sites (tertiary alicyclic amines) is 1. The summed E-state index contributed by atoms with van der Waals surface area (Å²) in [7, 11) is 2.18. The van der Waals surface area contributed by atoms with Crippen molar-refractivity contribution in [3.63, 3.8) is 0 Å². The quantitative estimate of drug-likeness (QED) is 0.923. The lowest BCUT2D eigenvalue weighted by Crippen LogP contribution is -2.45. The van der Waals surface area contributed by atoms with Gasteiger partial charge < -0.3 is 19.6 Å². The lowest BCUT2D eigenvalue weighted by Gasteiger charge is -2.38. The molecule has 0 aromatic heterocycles. The Morgan fingerprint density at radius 3 is 2.59 bits per heavy atom. The summed E-state index contributed by atoms with van der Waals surface area (Å²) in [5.41, 5.74) is 2.64. The fraction of sp³-hybridized carbons (Fsp3) is 0.667. The number of aliphatic hydroxyl groups excluding tert-OH is 1. The molecule has 1 N–H and O–H groups in total. The number of rotatable bonds is 4. The van der Waals surface area contributed by atoms with Crippen LogP contribution in [0.4, 0.5) is 5.69 Å². The molecule has 2 aliphatic rings. The predicted molar refractivity (Wildman–Crippen MR) is 89.4 cm³/mol. The van der Waals surface area contributed by atoms with E-state index in [4.69, 9.17) is 9.84 Å². The molecule has 0 bridgehead atoms. The van der Waals surface area contributed by atoms with Gasteiger partial charge in [0.15, 0.2) is 0 Å². The molecule has 22 heavy (non-hydrogen) atoms. The zero-order valence-corrected chi connectivity index (χ0v) is 13.8. The molecule has 4 nitrogen and oxygen atoms in total. The monoisotopic (exact) mass is 304 g/mol. The molecule has 122 valence electrons. The zero-order chi connectivity index (χ0) is 15.6. The Kier molecular flexibility index (Phi) is 4.71. The van der Waals surface area contributed by atoms with E-state index in [1.807, 2.05) is 0 Å². The summed E-state index contributed by atoms with van der Waals surface area (Å²) in [6, 6.07) is 9.20. The normalized spacial score (nSPS) is 24.8. The van der Waals surface area contributed by atoms with Gasteiger partial charge in [-0.05, 0) is 38.3 Å². The highest BCUT2D eigenvalue weighted by Crippen LogP contribution is 2.38. The summed E-state index contributed by atoms with van der Waals surface area (Å²) in [5, 5.41) is 9.06. The Hall–Kier alpha value is -1.10. The van der Waals surface area contributed by atoms with E-state index in [1.165, 1.54) is 11.3 Å². The number of likely N-dealkylation sites (N-methyl/N-ethyl adjacent to an activating group) is 1. The Labute approximate surface area is 133 Å². The van der Waals surface area contributed by atoms with Crippen LogP contribution in [-0.2, 0) is 4.74 Å².